The molecular formula is C26H19ClF5NO5. The Labute approximate surface area is 217 Å². The van der Waals surface area contributed by atoms with Gasteiger partial charge in [-0.15, -0.1) is 0 Å². The second-order valence-corrected chi connectivity index (χ2v) is 9.17. The molecule has 12 heteroatoms. The van der Waals surface area contributed by atoms with Gasteiger partial charge in [0.1, 0.15) is 17.4 Å². The zero-order valence-electron chi connectivity index (χ0n) is 19.7. The average molecular weight is 556 g/mol. The minimum atomic E-state index is -5.39. The Balaban J connectivity index is 1.80. The molecule has 0 fully saturated rings. The van der Waals surface area contributed by atoms with E-state index in [1.54, 1.807) is 0 Å². The van der Waals surface area contributed by atoms with E-state index in [2.05, 4.69) is 0 Å². The number of carboxylic acid groups (broad SMARTS) is 1. The number of halogens is 6. The van der Waals surface area contributed by atoms with Gasteiger partial charge in [0.2, 0.25) is 0 Å². The van der Waals surface area contributed by atoms with Crippen molar-refractivity contribution >= 4 is 29.2 Å². The van der Waals surface area contributed by atoms with Crippen molar-refractivity contribution in [2.45, 2.75) is 24.6 Å². The normalized spacial score (nSPS) is 15.9. The lowest BCUT2D eigenvalue weighted by molar-refractivity contribution is -0.275. The van der Waals surface area contributed by atoms with Gasteiger partial charge < -0.3 is 19.8 Å². The van der Waals surface area contributed by atoms with Gasteiger partial charge in [0.15, 0.2) is 12.2 Å². The molecule has 1 heterocycles. The summed E-state index contributed by atoms with van der Waals surface area (Å²) in [6.07, 6.45) is -5.39. The van der Waals surface area contributed by atoms with Crippen LogP contribution in [0.4, 0.5) is 27.6 Å². The number of carbonyl (C=O) groups is 2. The fourth-order valence-electron chi connectivity index (χ4n) is 4.37. The summed E-state index contributed by atoms with van der Waals surface area (Å²) >= 11 is 6.30. The van der Waals surface area contributed by atoms with Gasteiger partial charge in [-0.25, -0.2) is 13.6 Å². The molecule has 1 amide bonds. The zero-order valence-corrected chi connectivity index (χ0v) is 20.5. The zero-order chi connectivity index (χ0) is 28.2. The molecule has 0 aliphatic carbocycles. The molecule has 0 saturated heterocycles. The van der Waals surface area contributed by atoms with E-state index >= 15 is 4.39 Å². The Bertz CT molecular complexity index is 1460. The van der Waals surface area contributed by atoms with Crippen LogP contribution in [0.2, 0.25) is 5.02 Å². The molecule has 2 N–H and O–H groups in total. The van der Waals surface area contributed by atoms with Gasteiger partial charge in [0, 0.05) is 29.6 Å². The van der Waals surface area contributed by atoms with Crippen molar-refractivity contribution in [3.05, 3.63) is 81.9 Å². The molecule has 4 rings (SSSR count). The molecular weight excluding hydrogens is 537 g/mol. The number of alkyl halides is 3. The van der Waals surface area contributed by atoms with E-state index in [9.17, 15) is 32.3 Å². The molecule has 200 valence electrons. The summed E-state index contributed by atoms with van der Waals surface area (Å²) in [7, 11) is 1.28. The molecule has 0 aromatic heterocycles. The smallest absolute Gasteiger partial charge is 0.422 e. The lowest BCUT2D eigenvalue weighted by atomic mass is 9.77. The molecule has 3 aromatic carbocycles. The highest BCUT2D eigenvalue weighted by molar-refractivity contribution is 6.31. The van der Waals surface area contributed by atoms with Gasteiger partial charge in [-0.05, 0) is 41.0 Å². The van der Waals surface area contributed by atoms with Crippen LogP contribution in [0, 0.1) is 11.6 Å². The first-order valence-corrected chi connectivity index (χ1v) is 11.4. The Morgan fingerprint density at radius 2 is 1.68 bits per heavy atom. The third kappa shape index (κ3) is 4.45. The number of rotatable bonds is 5. The fraction of sp³-hybridized carbons (Fsp3) is 0.231. The lowest BCUT2D eigenvalue weighted by Crippen LogP contribution is -2.47. The quantitative estimate of drug-likeness (QED) is 0.383. The standard InChI is InChI=1S/C26H19ClF5NO5/c1-12(15-5-3-13(7-18(15)27)14-4-6-16(24(35)36)19(28)8-14)25(37,26(30,31)32)17-9-21-22(10-20(17)29)38-11-23(34)33(21)2/h3-10,12,37H,11H2,1-2H3,(H,35,36). The van der Waals surface area contributed by atoms with Crippen molar-refractivity contribution in [2.75, 3.05) is 18.6 Å². The highest BCUT2D eigenvalue weighted by atomic mass is 35.5. The second-order valence-electron chi connectivity index (χ2n) is 8.76. The predicted molar refractivity (Wildman–Crippen MR) is 127 cm³/mol. The number of nitrogens with zero attached hydrogens (tertiary/aromatic N) is 1. The van der Waals surface area contributed by atoms with Crippen LogP contribution in [0.15, 0.2) is 48.5 Å². The van der Waals surface area contributed by atoms with Crippen LogP contribution in [0.25, 0.3) is 11.1 Å². The number of amides is 1. The van der Waals surface area contributed by atoms with Gasteiger partial charge in [0.05, 0.1) is 11.3 Å². The maximum absolute atomic E-state index is 15.1. The first-order valence-electron chi connectivity index (χ1n) is 11.0. The molecule has 0 saturated carbocycles. The third-order valence-electron chi connectivity index (χ3n) is 6.60. The Kier molecular flexibility index (Phi) is 6.87. The number of benzene rings is 3. The third-order valence-corrected chi connectivity index (χ3v) is 6.93. The summed E-state index contributed by atoms with van der Waals surface area (Å²) in [6.45, 7) is 0.590. The summed E-state index contributed by atoms with van der Waals surface area (Å²) in [5.41, 5.74) is -5.37. The number of carbonyl (C=O) groups excluding carboxylic acids is 1. The molecule has 1 aliphatic heterocycles. The minimum Gasteiger partial charge on any atom is -0.481 e. The first kappa shape index (κ1) is 27.3. The Hall–Kier alpha value is -3.70. The highest BCUT2D eigenvalue weighted by Crippen LogP contribution is 2.52. The van der Waals surface area contributed by atoms with Crippen molar-refractivity contribution in [3.8, 4) is 16.9 Å². The molecule has 0 radical (unpaired) electrons. The summed E-state index contributed by atoms with van der Waals surface area (Å²) < 4.78 is 77.7. The topological polar surface area (TPSA) is 87.1 Å². The largest absolute Gasteiger partial charge is 0.481 e. The second kappa shape index (κ2) is 9.55. The minimum absolute atomic E-state index is 0.152. The van der Waals surface area contributed by atoms with Crippen molar-refractivity contribution in [2.24, 2.45) is 0 Å². The molecule has 3 aromatic rings. The van der Waals surface area contributed by atoms with E-state index in [1.165, 1.54) is 31.3 Å². The fourth-order valence-corrected chi connectivity index (χ4v) is 4.71. The molecule has 6 nitrogen and oxygen atoms in total. The van der Waals surface area contributed by atoms with E-state index < -0.39 is 58.9 Å². The Morgan fingerprint density at radius 1 is 1.05 bits per heavy atom. The summed E-state index contributed by atoms with van der Waals surface area (Å²) in [6, 6.07) is 8.39. The number of carboxylic acids is 1. The van der Waals surface area contributed by atoms with Gasteiger partial charge in [0.25, 0.3) is 5.91 Å². The average Bonchev–Trinajstić information content (AvgIpc) is 2.84. The van der Waals surface area contributed by atoms with E-state index in [0.717, 1.165) is 30.0 Å². The molecule has 0 spiro atoms. The number of anilines is 1. The van der Waals surface area contributed by atoms with E-state index in [4.69, 9.17) is 21.4 Å². The number of ether oxygens (including phenoxy) is 1. The van der Waals surface area contributed by atoms with Crippen molar-refractivity contribution in [1.82, 2.24) is 0 Å². The number of aliphatic hydroxyl groups is 1. The van der Waals surface area contributed by atoms with Crippen LogP contribution in [0.3, 0.4) is 0 Å². The molecule has 0 bridgehead atoms. The van der Waals surface area contributed by atoms with Gasteiger partial charge in [-0.1, -0.05) is 36.7 Å². The van der Waals surface area contributed by atoms with Crippen LogP contribution in [-0.2, 0) is 10.4 Å². The van der Waals surface area contributed by atoms with Crippen molar-refractivity contribution in [1.29, 1.82) is 0 Å². The van der Waals surface area contributed by atoms with E-state index in [0.29, 0.717) is 6.07 Å². The van der Waals surface area contributed by atoms with Crippen LogP contribution >= 0.6 is 11.6 Å². The summed E-state index contributed by atoms with van der Waals surface area (Å²) in [4.78, 5) is 24.0. The van der Waals surface area contributed by atoms with Crippen molar-refractivity contribution in [3.63, 3.8) is 0 Å². The van der Waals surface area contributed by atoms with Crippen LogP contribution < -0.4 is 9.64 Å². The molecule has 38 heavy (non-hydrogen) atoms. The van der Waals surface area contributed by atoms with Crippen LogP contribution in [-0.4, -0.2) is 41.9 Å². The van der Waals surface area contributed by atoms with E-state index in [1.807, 2.05) is 0 Å². The van der Waals surface area contributed by atoms with Crippen LogP contribution in [0.5, 0.6) is 5.75 Å². The molecule has 2 unspecified atom stereocenters. The maximum atomic E-state index is 15.1. The van der Waals surface area contributed by atoms with Crippen molar-refractivity contribution < 1.29 is 46.5 Å². The number of hydrogen-bond acceptors (Lipinski definition) is 4. The predicted octanol–water partition coefficient (Wildman–Crippen LogP) is 5.89. The van der Waals surface area contributed by atoms with E-state index in [-0.39, 0.29) is 33.1 Å². The van der Waals surface area contributed by atoms with Gasteiger partial charge in [-0.2, -0.15) is 13.2 Å². The lowest BCUT2D eigenvalue weighted by Gasteiger charge is -2.38. The SMILES string of the molecule is CC(c1ccc(-c2ccc(C(=O)O)c(F)c2)cc1Cl)C(O)(c1cc2c(cc1F)OCC(=O)N2C)C(F)(F)F. The molecule has 2 atom stereocenters. The monoisotopic (exact) mass is 555 g/mol. The number of aromatic carboxylic acids is 1. The highest BCUT2D eigenvalue weighted by Gasteiger charge is 2.60. The summed E-state index contributed by atoms with van der Waals surface area (Å²) in [5.74, 6) is -6.49. The summed E-state index contributed by atoms with van der Waals surface area (Å²) in [5, 5.41) is 19.9. The first-order chi connectivity index (χ1) is 17.7. The molecule has 1 aliphatic rings. The van der Waals surface area contributed by atoms with Gasteiger partial charge in [-0.3, -0.25) is 4.79 Å². The Morgan fingerprint density at radius 3 is 2.26 bits per heavy atom. The maximum Gasteiger partial charge on any atom is 0.422 e. The van der Waals surface area contributed by atoms with Crippen LogP contribution in [0.1, 0.15) is 34.3 Å². The number of hydrogen-bond donors (Lipinski definition) is 2. The number of likely N-dealkylation sites (N-methyl/N-ethyl adjacent to an activating group) is 1. The number of fused-ring (bicyclic) bond motifs is 1. The van der Waals surface area contributed by atoms with Gasteiger partial charge >= 0.3 is 12.1 Å².